The zero-order valence-electron chi connectivity index (χ0n) is 28.0. The fraction of sp³-hybridized carbons (Fsp3) is 0.811. The quantitative estimate of drug-likeness (QED) is 0.0355. The van der Waals surface area contributed by atoms with Crippen LogP contribution in [0.2, 0.25) is 0 Å². The number of ketones is 1. The molecule has 43 heavy (non-hydrogen) atoms. The highest BCUT2D eigenvalue weighted by Gasteiger charge is 2.12. The van der Waals surface area contributed by atoms with Crippen molar-refractivity contribution in [2.24, 2.45) is 0 Å². The second kappa shape index (κ2) is 33.0. The summed E-state index contributed by atoms with van der Waals surface area (Å²) in [5.41, 5.74) is 0. The first kappa shape index (κ1) is 41.0. The van der Waals surface area contributed by atoms with Crippen molar-refractivity contribution in [1.82, 2.24) is 0 Å². The highest BCUT2D eigenvalue weighted by Crippen LogP contribution is 2.13. The molecule has 1 N–H and O–H groups in total. The van der Waals surface area contributed by atoms with E-state index in [4.69, 9.17) is 9.47 Å². The number of hydrogen-bond donors (Lipinski definition) is 1. The molecule has 0 amide bonds. The van der Waals surface area contributed by atoms with Gasteiger partial charge in [-0.05, 0) is 38.2 Å². The Morgan fingerprint density at radius 3 is 1.42 bits per heavy atom. The van der Waals surface area contributed by atoms with Crippen LogP contribution in [0.3, 0.4) is 0 Å². The number of carbonyl (C=O) groups is 3. The third kappa shape index (κ3) is 32.8. The van der Waals surface area contributed by atoms with Crippen LogP contribution < -0.4 is 0 Å². The van der Waals surface area contributed by atoms with E-state index in [2.05, 4.69) is 19.9 Å². The topological polar surface area (TPSA) is 89.9 Å². The first-order valence-electron chi connectivity index (χ1n) is 17.8. The zero-order chi connectivity index (χ0) is 31.6. The van der Waals surface area contributed by atoms with Crippen LogP contribution >= 0.6 is 0 Å². The number of rotatable bonds is 32. The average molecular weight is 607 g/mol. The van der Waals surface area contributed by atoms with Crippen LogP contribution in [0.5, 0.6) is 0 Å². The molecule has 0 aliphatic heterocycles. The normalized spacial score (nSPS) is 12.3. The Balaban J connectivity index is 3.51. The lowest BCUT2D eigenvalue weighted by atomic mass is 10.0. The van der Waals surface area contributed by atoms with E-state index >= 15 is 0 Å². The summed E-state index contributed by atoms with van der Waals surface area (Å²) in [5, 5.41) is 9.97. The number of carbonyl (C=O) groups excluding carboxylic acids is 3. The number of unbranched alkanes of at least 4 members (excludes halogenated alkanes) is 19. The Labute approximate surface area is 264 Å². The minimum Gasteiger partial charge on any atom is -0.463 e. The summed E-state index contributed by atoms with van der Waals surface area (Å²) < 4.78 is 10.3. The van der Waals surface area contributed by atoms with E-state index in [0.717, 1.165) is 77.0 Å². The predicted molar refractivity (Wildman–Crippen MR) is 178 cm³/mol. The molecule has 0 rings (SSSR count). The molecule has 0 aliphatic carbocycles. The van der Waals surface area contributed by atoms with Crippen molar-refractivity contribution in [1.29, 1.82) is 0 Å². The number of hydrogen-bond acceptors (Lipinski definition) is 6. The van der Waals surface area contributed by atoms with Gasteiger partial charge in [0.25, 0.3) is 0 Å². The van der Waals surface area contributed by atoms with Crippen LogP contribution in [-0.2, 0) is 23.9 Å². The second-order valence-electron chi connectivity index (χ2n) is 12.0. The molecule has 0 unspecified atom stereocenters. The van der Waals surface area contributed by atoms with Crippen LogP contribution in [0.4, 0.5) is 0 Å². The summed E-state index contributed by atoms with van der Waals surface area (Å²) in [4.78, 5) is 35.5. The van der Waals surface area contributed by atoms with Crippen LogP contribution in [0.15, 0.2) is 24.3 Å². The van der Waals surface area contributed by atoms with E-state index in [0.29, 0.717) is 19.3 Å². The lowest BCUT2D eigenvalue weighted by molar-refractivity contribution is -0.152. The molecular formula is C37H66O6. The molecule has 0 aromatic heterocycles. The van der Waals surface area contributed by atoms with E-state index in [9.17, 15) is 19.5 Å². The number of ether oxygens (including phenoxy) is 2. The first-order valence-corrected chi connectivity index (χ1v) is 17.8. The van der Waals surface area contributed by atoms with Crippen molar-refractivity contribution >= 4 is 17.7 Å². The third-order valence-electron chi connectivity index (χ3n) is 7.67. The summed E-state index contributed by atoms with van der Waals surface area (Å²) in [6, 6.07) is 0. The maximum absolute atomic E-state index is 11.9. The molecular weight excluding hydrogens is 540 g/mol. The number of aliphatic hydroxyl groups excluding tert-OH is 1. The summed E-state index contributed by atoms with van der Waals surface area (Å²) in [5.74, 6) is -0.422. The van der Waals surface area contributed by atoms with E-state index < -0.39 is 6.10 Å². The molecule has 6 heteroatoms. The Morgan fingerprint density at radius 2 is 0.930 bits per heavy atom. The van der Waals surface area contributed by atoms with Gasteiger partial charge in [-0.15, -0.1) is 0 Å². The van der Waals surface area contributed by atoms with Gasteiger partial charge in [0.2, 0.25) is 0 Å². The summed E-state index contributed by atoms with van der Waals surface area (Å²) >= 11 is 0. The molecule has 0 saturated heterocycles. The van der Waals surface area contributed by atoms with Gasteiger partial charge in [0.05, 0.1) is 0 Å². The Morgan fingerprint density at radius 1 is 0.535 bits per heavy atom. The van der Waals surface area contributed by atoms with Crippen LogP contribution in [0.1, 0.15) is 174 Å². The molecule has 0 heterocycles. The van der Waals surface area contributed by atoms with Gasteiger partial charge >= 0.3 is 11.9 Å². The standard InChI is InChI=1S/C37H66O6/c1-3-5-7-8-9-10-11-12-13-16-19-22-26-30-36(40)42-32-35(39)33-43-37(41)31-27-23-20-17-14-15-18-21-25-29-34(38)28-24-6-4-2/h18,21,25,29,35,39H,3-17,19-20,22-24,26-28,30-33H2,1-2H3/b21-18-,29-25+/t35-/m1/s1. The number of allylic oxidation sites excluding steroid dienone is 4. The highest BCUT2D eigenvalue weighted by atomic mass is 16.6. The van der Waals surface area contributed by atoms with Crippen LogP contribution in [-0.4, -0.2) is 42.1 Å². The van der Waals surface area contributed by atoms with Gasteiger partial charge in [-0.1, -0.05) is 141 Å². The van der Waals surface area contributed by atoms with E-state index in [1.54, 1.807) is 6.08 Å². The van der Waals surface area contributed by atoms with Crippen molar-refractivity contribution in [3.63, 3.8) is 0 Å². The first-order chi connectivity index (χ1) is 21.0. The largest absolute Gasteiger partial charge is 0.463 e. The van der Waals surface area contributed by atoms with Crippen LogP contribution in [0, 0.1) is 0 Å². The van der Waals surface area contributed by atoms with Crippen molar-refractivity contribution < 1.29 is 29.0 Å². The lowest BCUT2D eigenvalue weighted by Gasteiger charge is -2.12. The van der Waals surface area contributed by atoms with Gasteiger partial charge in [0.15, 0.2) is 5.78 Å². The minimum atomic E-state index is -0.985. The maximum Gasteiger partial charge on any atom is 0.305 e. The summed E-state index contributed by atoms with van der Waals surface area (Å²) in [6.07, 6.45) is 33.5. The van der Waals surface area contributed by atoms with Gasteiger partial charge in [0, 0.05) is 19.3 Å². The van der Waals surface area contributed by atoms with Gasteiger partial charge in [0.1, 0.15) is 19.3 Å². The molecule has 0 aromatic carbocycles. The van der Waals surface area contributed by atoms with Gasteiger partial charge in [-0.3, -0.25) is 14.4 Å². The van der Waals surface area contributed by atoms with Gasteiger partial charge < -0.3 is 14.6 Å². The molecule has 6 nitrogen and oxygen atoms in total. The Bertz CT molecular complexity index is 714. The zero-order valence-corrected chi connectivity index (χ0v) is 28.0. The van der Waals surface area contributed by atoms with Gasteiger partial charge in [-0.2, -0.15) is 0 Å². The lowest BCUT2D eigenvalue weighted by Crippen LogP contribution is -2.25. The molecule has 0 bridgehead atoms. The second-order valence-corrected chi connectivity index (χ2v) is 12.0. The average Bonchev–Trinajstić information content (AvgIpc) is 3.00. The smallest absolute Gasteiger partial charge is 0.305 e. The molecule has 0 spiro atoms. The highest BCUT2D eigenvalue weighted by molar-refractivity contribution is 5.89. The molecule has 0 saturated carbocycles. The van der Waals surface area contributed by atoms with Crippen molar-refractivity contribution in [2.45, 2.75) is 180 Å². The third-order valence-corrected chi connectivity index (χ3v) is 7.67. The summed E-state index contributed by atoms with van der Waals surface area (Å²) in [6.45, 7) is 4.11. The van der Waals surface area contributed by atoms with Crippen LogP contribution in [0.25, 0.3) is 0 Å². The molecule has 0 aliphatic rings. The van der Waals surface area contributed by atoms with Crippen molar-refractivity contribution in [3.8, 4) is 0 Å². The SMILES string of the molecule is CCCCCCCCCCCCCCCC(=O)OC[C@@H](O)COC(=O)CCCCCCC/C=C\C=C\C(=O)CCCCC. The molecule has 0 radical (unpaired) electrons. The van der Waals surface area contributed by atoms with E-state index in [1.165, 1.54) is 64.2 Å². The summed E-state index contributed by atoms with van der Waals surface area (Å²) in [7, 11) is 0. The molecule has 0 fully saturated rings. The van der Waals surface area contributed by atoms with Crippen molar-refractivity contribution in [2.75, 3.05) is 13.2 Å². The number of esters is 2. The van der Waals surface area contributed by atoms with E-state index in [-0.39, 0.29) is 30.9 Å². The van der Waals surface area contributed by atoms with Crippen molar-refractivity contribution in [3.05, 3.63) is 24.3 Å². The van der Waals surface area contributed by atoms with E-state index in [1.807, 2.05) is 12.2 Å². The Kier molecular flexibility index (Phi) is 31.5. The predicted octanol–water partition coefficient (Wildman–Crippen LogP) is 9.91. The molecule has 0 aromatic rings. The minimum absolute atomic E-state index is 0.135. The fourth-order valence-electron chi connectivity index (χ4n) is 4.89. The Hall–Kier alpha value is -1.95. The fourth-order valence-corrected chi connectivity index (χ4v) is 4.89. The number of aliphatic hydroxyl groups is 1. The monoisotopic (exact) mass is 606 g/mol. The maximum atomic E-state index is 11.9. The van der Waals surface area contributed by atoms with Gasteiger partial charge in [-0.25, -0.2) is 0 Å². The molecule has 250 valence electrons. The molecule has 1 atom stereocenters.